The normalized spacial score (nSPS) is 16.1. The molecule has 0 amide bonds. The molecule has 1 aliphatic carbocycles. The number of aryl methyl sites for hydroxylation is 1. The van der Waals surface area contributed by atoms with E-state index >= 15 is 0 Å². The number of H-pyrrole nitrogens is 1. The maximum atomic E-state index is 5.45. The van der Waals surface area contributed by atoms with Crippen LogP contribution in [0.3, 0.4) is 0 Å². The molecule has 4 heteroatoms. The molecular weight excluding hydrogens is 268 g/mol. The molecular formula is C16H22N2OS. The van der Waals surface area contributed by atoms with Crippen LogP contribution >= 0.6 is 12.2 Å². The van der Waals surface area contributed by atoms with E-state index in [-0.39, 0.29) is 0 Å². The molecule has 0 bridgehead atoms. The second kappa shape index (κ2) is 6.00. The van der Waals surface area contributed by atoms with E-state index in [9.17, 15) is 0 Å². The number of aromatic amines is 1. The number of methoxy groups -OCH3 is 1. The summed E-state index contributed by atoms with van der Waals surface area (Å²) in [5.41, 5.74) is 2.25. The van der Waals surface area contributed by atoms with Gasteiger partial charge in [0.05, 0.1) is 18.1 Å². The van der Waals surface area contributed by atoms with E-state index in [0.717, 1.165) is 34.0 Å². The van der Waals surface area contributed by atoms with Crippen LogP contribution in [0.15, 0.2) is 18.2 Å². The maximum Gasteiger partial charge on any atom is 0.178 e. The van der Waals surface area contributed by atoms with Crippen LogP contribution < -0.4 is 4.74 Å². The lowest BCUT2D eigenvalue weighted by Crippen LogP contribution is -2.01. The van der Waals surface area contributed by atoms with Gasteiger partial charge in [-0.3, -0.25) is 0 Å². The first-order valence-corrected chi connectivity index (χ1v) is 7.95. The fourth-order valence-electron chi connectivity index (χ4n) is 3.32. The van der Waals surface area contributed by atoms with Crippen molar-refractivity contribution in [2.75, 3.05) is 7.11 Å². The van der Waals surface area contributed by atoms with Gasteiger partial charge in [0.25, 0.3) is 0 Å². The third-order valence-electron chi connectivity index (χ3n) is 4.45. The third kappa shape index (κ3) is 2.75. The average molecular weight is 290 g/mol. The largest absolute Gasteiger partial charge is 0.497 e. The van der Waals surface area contributed by atoms with Crippen LogP contribution in [0.5, 0.6) is 5.75 Å². The molecule has 3 nitrogen and oxygen atoms in total. The first-order valence-electron chi connectivity index (χ1n) is 7.54. The van der Waals surface area contributed by atoms with Crippen LogP contribution in [0.4, 0.5) is 0 Å². The Hall–Kier alpha value is -1.29. The number of nitrogens with zero attached hydrogens (tertiary/aromatic N) is 1. The maximum absolute atomic E-state index is 5.45. The van der Waals surface area contributed by atoms with Crippen LogP contribution in [0.1, 0.15) is 38.5 Å². The van der Waals surface area contributed by atoms with Crippen molar-refractivity contribution in [2.24, 2.45) is 5.92 Å². The monoisotopic (exact) mass is 290 g/mol. The van der Waals surface area contributed by atoms with E-state index in [1.54, 1.807) is 7.11 Å². The Morgan fingerprint density at radius 3 is 2.90 bits per heavy atom. The number of benzene rings is 1. The zero-order chi connectivity index (χ0) is 13.9. The summed E-state index contributed by atoms with van der Waals surface area (Å²) in [6.45, 7) is 1.00. The summed E-state index contributed by atoms with van der Waals surface area (Å²) in [4.78, 5) is 3.28. The zero-order valence-corrected chi connectivity index (χ0v) is 12.8. The van der Waals surface area contributed by atoms with Crippen molar-refractivity contribution in [1.82, 2.24) is 9.55 Å². The fraction of sp³-hybridized carbons (Fsp3) is 0.562. The van der Waals surface area contributed by atoms with Gasteiger partial charge in [-0.15, -0.1) is 0 Å². The number of ether oxygens (including phenoxy) is 1. The minimum absolute atomic E-state index is 0.819. The summed E-state index contributed by atoms with van der Waals surface area (Å²) in [6.07, 6.45) is 8.24. The van der Waals surface area contributed by atoms with Crippen molar-refractivity contribution in [3.8, 4) is 5.75 Å². The molecule has 0 saturated heterocycles. The molecule has 0 aliphatic heterocycles. The Balaban J connectivity index is 1.75. The van der Waals surface area contributed by atoms with Crippen molar-refractivity contribution in [3.63, 3.8) is 0 Å². The minimum Gasteiger partial charge on any atom is -0.497 e. The van der Waals surface area contributed by atoms with Gasteiger partial charge in [0.2, 0.25) is 0 Å². The van der Waals surface area contributed by atoms with Crippen molar-refractivity contribution in [2.45, 2.75) is 45.1 Å². The lowest BCUT2D eigenvalue weighted by Gasteiger charge is -2.09. The molecule has 0 unspecified atom stereocenters. The minimum atomic E-state index is 0.819. The second-order valence-corrected chi connectivity index (χ2v) is 6.14. The van der Waals surface area contributed by atoms with Gasteiger partial charge in [-0.05, 0) is 43.1 Å². The topological polar surface area (TPSA) is 29.9 Å². The smallest absolute Gasteiger partial charge is 0.178 e. The van der Waals surface area contributed by atoms with E-state index < -0.39 is 0 Å². The number of rotatable bonds is 5. The molecule has 1 saturated carbocycles. The molecule has 108 valence electrons. The third-order valence-corrected chi connectivity index (χ3v) is 4.77. The van der Waals surface area contributed by atoms with Crippen molar-refractivity contribution in [3.05, 3.63) is 23.0 Å². The van der Waals surface area contributed by atoms with Crippen LogP contribution in [0.2, 0.25) is 0 Å². The number of fused-ring (bicyclic) bond motifs is 1. The van der Waals surface area contributed by atoms with Gasteiger partial charge >= 0.3 is 0 Å². The highest BCUT2D eigenvalue weighted by atomic mass is 32.1. The van der Waals surface area contributed by atoms with E-state index in [0.29, 0.717) is 0 Å². The quantitative estimate of drug-likeness (QED) is 0.810. The Morgan fingerprint density at radius 1 is 1.35 bits per heavy atom. The Bertz CT molecular complexity index is 637. The lowest BCUT2D eigenvalue weighted by atomic mass is 10.0. The van der Waals surface area contributed by atoms with Gasteiger partial charge in [0, 0.05) is 12.6 Å². The van der Waals surface area contributed by atoms with Gasteiger partial charge < -0.3 is 14.3 Å². The molecule has 1 aromatic heterocycles. The number of aromatic nitrogens is 2. The van der Waals surface area contributed by atoms with Crippen LogP contribution in [0, 0.1) is 10.7 Å². The van der Waals surface area contributed by atoms with E-state index in [1.165, 1.54) is 38.5 Å². The SMILES string of the molecule is COc1ccc2[nH]c(=S)n(CCCC3CCCC3)c2c1. The number of hydrogen-bond donors (Lipinski definition) is 1. The molecule has 20 heavy (non-hydrogen) atoms. The number of nitrogens with one attached hydrogen (secondary N) is 1. The highest BCUT2D eigenvalue weighted by molar-refractivity contribution is 7.71. The van der Waals surface area contributed by atoms with E-state index in [2.05, 4.69) is 15.6 Å². The van der Waals surface area contributed by atoms with Crippen LogP contribution in [-0.4, -0.2) is 16.7 Å². The van der Waals surface area contributed by atoms with E-state index in [1.807, 2.05) is 12.1 Å². The Kier molecular flexibility index (Phi) is 4.10. The molecule has 0 spiro atoms. The summed E-state index contributed by atoms with van der Waals surface area (Å²) in [5.74, 6) is 1.83. The van der Waals surface area contributed by atoms with Gasteiger partial charge in [0.15, 0.2) is 4.77 Å². The van der Waals surface area contributed by atoms with Gasteiger partial charge in [-0.2, -0.15) is 0 Å². The molecule has 1 fully saturated rings. The standard InChI is InChI=1S/C16H22N2OS/c1-19-13-8-9-14-15(11-13)18(16(20)17-14)10-4-7-12-5-2-3-6-12/h8-9,11-12H,2-7,10H2,1H3,(H,17,20). The fourth-order valence-corrected chi connectivity index (χ4v) is 3.62. The van der Waals surface area contributed by atoms with Gasteiger partial charge in [0.1, 0.15) is 5.75 Å². The van der Waals surface area contributed by atoms with Crippen molar-refractivity contribution >= 4 is 23.3 Å². The molecule has 0 radical (unpaired) electrons. The van der Waals surface area contributed by atoms with E-state index in [4.69, 9.17) is 17.0 Å². The molecule has 1 N–H and O–H groups in total. The van der Waals surface area contributed by atoms with Gasteiger partial charge in [-0.1, -0.05) is 25.7 Å². The first-order chi connectivity index (χ1) is 9.78. The van der Waals surface area contributed by atoms with Gasteiger partial charge in [-0.25, -0.2) is 0 Å². The van der Waals surface area contributed by atoms with Crippen LogP contribution in [0.25, 0.3) is 11.0 Å². The Morgan fingerprint density at radius 2 is 2.15 bits per heavy atom. The predicted molar refractivity (Wildman–Crippen MR) is 84.9 cm³/mol. The van der Waals surface area contributed by atoms with Crippen molar-refractivity contribution < 1.29 is 4.74 Å². The summed E-state index contributed by atoms with van der Waals surface area (Å²) < 4.78 is 8.34. The average Bonchev–Trinajstić information content (AvgIpc) is 3.07. The molecule has 1 aliphatic rings. The molecule has 2 aromatic rings. The van der Waals surface area contributed by atoms with Crippen LogP contribution in [-0.2, 0) is 6.54 Å². The molecule has 0 atom stereocenters. The first kappa shape index (κ1) is 13.7. The molecule has 1 heterocycles. The molecule has 1 aromatic carbocycles. The predicted octanol–water partition coefficient (Wildman–Crippen LogP) is 4.68. The highest BCUT2D eigenvalue weighted by Gasteiger charge is 2.14. The summed E-state index contributed by atoms with van der Waals surface area (Å²) in [7, 11) is 1.70. The summed E-state index contributed by atoms with van der Waals surface area (Å²) in [6, 6.07) is 6.07. The zero-order valence-electron chi connectivity index (χ0n) is 12.0. The summed E-state index contributed by atoms with van der Waals surface area (Å²) >= 11 is 5.45. The van der Waals surface area contributed by atoms with Crippen molar-refractivity contribution in [1.29, 1.82) is 0 Å². The molecule has 3 rings (SSSR count). The summed E-state index contributed by atoms with van der Waals surface area (Å²) in [5, 5.41) is 0. The second-order valence-electron chi connectivity index (χ2n) is 5.76. The highest BCUT2D eigenvalue weighted by Crippen LogP contribution is 2.29. The number of imidazole rings is 1. The number of hydrogen-bond acceptors (Lipinski definition) is 2. The Labute approximate surface area is 125 Å². The lowest BCUT2D eigenvalue weighted by molar-refractivity contribution is 0.415.